The molecule has 0 bridgehead atoms. The predicted molar refractivity (Wildman–Crippen MR) is 70.6 cm³/mol. The molecule has 0 aromatic heterocycles. The van der Waals surface area contributed by atoms with Crippen LogP contribution in [0, 0.1) is 6.92 Å². The number of carbonyl (C=O) groups is 1. The standard InChI is InChI=1S/C14H13O2P/c1-11-6-5-7-12(10-11)14(15)17(16)13-8-3-2-4-9-13/h2-10,17H,1H3. The van der Waals surface area contributed by atoms with Crippen molar-refractivity contribution in [2.75, 3.05) is 0 Å². The monoisotopic (exact) mass is 244 g/mol. The van der Waals surface area contributed by atoms with Gasteiger partial charge < -0.3 is 4.57 Å². The second kappa shape index (κ2) is 5.11. The second-order valence-electron chi connectivity index (χ2n) is 3.89. The Kier molecular flexibility index (Phi) is 3.55. The number of rotatable bonds is 3. The highest BCUT2D eigenvalue weighted by atomic mass is 31.1. The maximum atomic E-state index is 12.1. The summed E-state index contributed by atoms with van der Waals surface area (Å²) in [5.74, 6) is 0. The minimum atomic E-state index is -2.40. The Labute approximate surface area is 101 Å². The van der Waals surface area contributed by atoms with E-state index >= 15 is 0 Å². The van der Waals surface area contributed by atoms with Crippen LogP contribution in [0.15, 0.2) is 54.6 Å². The van der Waals surface area contributed by atoms with Crippen molar-refractivity contribution in [3.8, 4) is 0 Å². The van der Waals surface area contributed by atoms with Crippen LogP contribution >= 0.6 is 7.80 Å². The van der Waals surface area contributed by atoms with E-state index in [1.807, 2.05) is 25.1 Å². The van der Waals surface area contributed by atoms with Crippen LogP contribution in [0.4, 0.5) is 0 Å². The largest absolute Gasteiger partial charge is 0.313 e. The van der Waals surface area contributed by atoms with Crippen LogP contribution in [0.3, 0.4) is 0 Å². The summed E-state index contributed by atoms with van der Waals surface area (Å²) in [4.78, 5) is 12.0. The van der Waals surface area contributed by atoms with Gasteiger partial charge in [-0.15, -0.1) is 0 Å². The molecule has 2 rings (SSSR count). The summed E-state index contributed by atoms with van der Waals surface area (Å²) in [6.45, 7) is 1.91. The molecule has 3 heteroatoms. The first kappa shape index (κ1) is 11.8. The van der Waals surface area contributed by atoms with Crippen LogP contribution < -0.4 is 5.30 Å². The molecule has 0 aliphatic carbocycles. The van der Waals surface area contributed by atoms with Gasteiger partial charge in [0.1, 0.15) is 0 Å². The lowest BCUT2D eigenvalue weighted by Gasteiger charge is -2.02. The summed E-state index contributed by atoms with van der Waals surface area (Å²) in [6, 6.07) is 16.1. The normalized spacial score (nSPS) is 12.1. The zero-order chi connectivity index (χ0) is 12.3. The summed E-state index contributed by atoms with van der Waals surface area (Å²) < 4.78 is 12.1. The fraction of sp³-hybridized carbons (Fsp3) is 0.0714. The zero-order valence-electron chi connectivity index (χ0n) is 9.51. The summed E-state index contributed by atoms with van der Waals surface area (Å²) in [5.41, 5.74) is 1.25. The van der Waals surface area contributed by atoms with E-state index < -0.39 is 7.80 Å². The molecule has 1 unspecified atom stereocenters. The fourth-order valence-electron chi connectivity index (χ4n) is 1.64. The molecule has 0 saturated heterocycles. The van der Waals surface area contributed by atoms with E-state index in [1.165, 1.54) is 0 Å². The van der Waals surface area contributed by atoms with Gasteiger partial charge in [0.05, 0.1) is 0 Å². The molecule has 2 nitrogen and oxygen atoms in total. The Morgan fingerprint density at radius 2 is 1.71 bits per heavy atom. The molecule has 0 saturated carbocycles. The molecular formula is C14H13O2P. The number of hydrogen-bond acceptors (Lipinski definition) is 2. The fourth-order valence-corrected chi connectivity index (χ4v) is 2.81. The van der Waals surface area contributed by atoms with Crippen molar-refractivity contribution in [3.63, 3.8) is 0 Å². The molecule has 0 heterocycles. The number of aryl methyl sites for hydroxylation is 1. The average Bonchev–Trinajstić information content (AvgIpc) is 2.38. The van der Waals surface area contributed by atoms with Crippen LogP contribution in [-0.4, -0.2) is 5.52 Å². The van der Waals surface area contributed by atoms with Gasteiger partial charge in [-0.25, -0.2) is 0 Å². The minimum absolute atomic E-state index is 0.273. The van der Waals surface area contributed by atoms with E-state index in [0.717, 1.165) is 5.56 Å². The van der Waals surface area contributed by atoms with E-state index in [1.54, 1.807) is 36.4 Å². The van der Waals surface area contributed by atoms with Gasteiger partial charge in [0, 0.05) is 10.9 Å². The Bertz CT molecular complexity index is 561. The topological polar surface area (TPSA) is 34.1 Å². The SMILES string of the molecule is Cc1cccc(C(=O)[PH](=O)c2ccccc2)c1. The molecule has 17 heavy (non-hydrogen) atoms. The van der Waals surface area contributed by atoms with Gasteiger partial charge in [-0.1, -0.05) is 54.1 Å². The molecule has 86 valence electrons. The van der Waals surface area contributed by atoms with E-state index in [2.05, 4.69) is 0 Å². The molecule has 2 aromatic carbocycles. The maximum absolute atomic E-state index is 12.1. The molecule has 0 fully saturated rings. The van der Waals surface area contributed by atoms with Crippen molar-refractivity contribution in [1.29, 1.82) is 0 Å². The van der Waals surface area contributed by atoms with Crippen molar-refractivity contribution >= 4 is 18.6 Å². The minimum Gasteiger partial charge on any atom is -0.313 e. The highest BCUT2D eigenvalue weighted by Gasteiger charge is 2.15. The van der Waals surface area contributed by atoms with Crippen molar-refractivity contribution in [1.82, 2.24) is 0 Å². The molecule has 0 radical (unpaired) electrons. The van der Waals surface area contributed by atoms with Crippen molar-refractivity contribution in [2.24, 2.45) is 0 Å². The Hall–Kier alpha value is -1.66. The first-order chi connectivity index (χ1) is 8.18. The quantitative estimate of drug-likeness (QED) is 0.778. The molecule has 0 amide bonds. The predicted octanol–water partition coefficient (Wildman–Crippen LogP) is 3.02. The Balaban J connectivity index is 2.30. The lowest BCUT2D eigenvalue weighted by Crippen LogP contribution is -2.03. The van der Waals surface area contributed by atoms with Gasteiger partial charge in [-0.2, -0.15) is 0 Å². The first-order valence-electron chi connectivity index (χ1n) is 5.39. The molecule has 1 atom stereocenters. The van der Waals surface area contributed by atoms with Gasteiger partial charge in [0.25, 0.3) is 0 Å². The Morgan fingerprint density at radius 1 is 1.00 bits per heavy atom. The number of hydrogen-bond donors (Lipinski definition) is 0. The van der Waals surface area contributed by atoms with E-state index in [9.17, 15) is 9.36 Å². The third-order valence-corrected chi connectivity index (χ3v) is 4.08. The number of carbonyl (C=O) groups excluding carboxylic acids is 1. The first-order valence-corrected chi connectivity index (χ1v) is 6.80. The van der Waals surface area contributed by atoms with Gasteiger partial charge in [0.2, 0.25) is 5.52 Å². The summed E-state index contributed by atoms with van der Waals surface area (Å²) in [5, 5.41) is 0.615. The highest BCUT2D eigenvalue weighted by molar-refractivity contribution is 7.71. The van der Waals surface area contributed by atoms with Crippen molar-refractivity contribution in [3.05, 3.63) is 65.7 Å². The molecule has 0 aliphatic rings. The van der Waals surface area contributed by atoms with Crippen LogP contribution in [0.1, 0.15) is 15.9 Å². The van der Waals surface area contributed by atoms with Crippen molar-refractivity contribution < 1.29 is 9.36 Å². The highest BCUT2D eigenvalue weighted by Crippen LogP contribution is 2.26. The van der Waals surface area contributed by atoms with Gasteiger partial charge in [-0.05, 0) is 13.0 Å². The zero-order valence-corrected chi connectivity index (χ0v) is 10.5. The lowest BCUT2D eigenvalue weighted by molar-refractivity contribution is 0.108. The third kappa shape index (κ3) is 2.72. The molecule has 0 aliphatic heterocycles. The smallest absolute Gasteiger partial charge is 0.222 e. The molecule has 0 spiro atoms. The van der Waals surface area contributed by atoms with Crippen LogP contribution in [0.5, 0.6) is 0 Å². The second-order valence-corrected chi connectivity index (χ2v) is 5.58. The van der Waals surface area contributed by atoms with E-state index in [-0.39, 0.29) is 5.52 Å². The summed E-state index contributed by atoms with van der Waals surface area (Å²) in [7, 11) is -2.40. The molecule has 2 aromatic rings. The lowest BCUT2D eigenvalue weighted by atomic mass is 10.2. The maximum Gasteiger partial charge on any atom is 0.222 e. The van der Waals surface area contributed by atoms with E-state index in [4.69, 9.17) is 0 Å². The third-order valence-electron chi connectivity index (χ3n) is 2.52. The van der Waals surface area contributed by atoms with E-state index in [0.29, 0.717) is 10.9 Å². The van der Waals surface area contributed by atoms with Crippen LogP contribution in [0.2, 0.25) is 0 Å². The molecular weight excluding hydrogens is 231 g/mol. The van der Waals surface area contributed by atoms with Crippen molar-refractivity contribution in [2.45, 2.75) is 6.92 Å². The van der Waals surface area contributed by atoms with Gasteiger partial charge in [-0.3, -0.25) is 4.79 Å². The number of benzene rings is 2. The van der Waals surface area contributed by atoms with Gasteiger partial charge >= 0.3 is 0 Å². The summed E-state index contributed by atoms with van der Waals surface area (Å²) >= 11 is 0. The van der Waals surface area contributed by atoms with Gasteiger partial charge in [0.15, 0.2) is 7.80 Å². The average molecular weight is 244 g/mol. The molecule has 0 N–H and O–H groups in total. The van der Waals surface area contributed by atoms with Crippen LogP contribution in [-0.2, 0) is 4.57 Å². The Morgan fingerprint density at radius 3 is 2.35 bits per heavy atom. The summed E-state index contributed by atoms with van der Waals surface area (Å²) in [6.07, 6.45) is 0. The van der Waals surface area contributed by atoms with Crippen LogP contribution in [0.25, 0.3) is 0 Å².